The van der Waals surface area contributed by atoms with E-state index in [-0.39, 0.29) is 33.2 Å². The Bertz CT molecular complexity index is 821. The molecule has 0 heterocycles. The molecule has 4 nitrogen and oxygen atoms in total. The molecule has 0 aliphatic heterocycles. The summed E-state index contributed by atoms with van der Waals surface area (Å²) in [5.41, 5.74) is 0.0687. The normalized spacial score (nSPS) is 21.4. The maximum absolute atomic E-state index is 12.5. The molecular formula is C21H20Cl3NO3. The van der Waals surface area contributed by atoms with Gasteiger partial charge in [0.1, 0.15) is 22.9 Å². The molecule has 148 valence electrons. The van der Waals surface area contributed by atoms with E-state index in [0.29, 0.717) is 5.57 Å². The third kappa shape index (κ3) is 6.50. The summed E-state index contributed by atoms with van der Waals surface area (Å²) < 4.78 is 10.5. The van der Waals surface area contributed by atoms with Crippen molar-refractivity contribution in [3.63, 3.8) is 0 Å². The number of ether oxygens (including phenoxy) is 2. The molecule has 1 rings (SSSR count). The van der Waals surface area contributed by atoms with Crippen LogP contribution in [-0.4, -0.2) is 18.7 Å². The fraction of sp³-hybridized carbons (Fsp3) is 0.333. The Morgan fingerprint density at radius 3 is 2.54 bits per heavy atom. The zero-order valence-electron chi connectivity index (χ0n) is 15.5. The van der Waals surface area contributed by atoms with E-state index in [9.17, 15) is 10.1 Å². The lowest BCUT2D eigenvalue weighted by atomic mass is 10.1. The summed E-state index contributed by atoms with van der Waals surface area (Å²) >= 11 is 17.6. The van der Waals surface area contributed by atoms with Gasteiger partial charge in [-0.25, -0.2) is 0 Å². The number of esters is 1. The molecule has 0 aromatic heterocycles. The van der Waals surface area contributed by atoms with Gasteiger partial charge in [0.25, 0.3) is 0 Å². The zero-order valence-corrected chi connectivity index (χ0v) is 17.8. The van der Waals surface area contributed by atoms with E-state index in [0.717, 1.165) is 0 Å². The minimum Gasteiger partial charge on any atom is -0.482 e. The number of rotatable bonds is 9. The molecule has 0 radical (unpaired) electrons. The van der Waals surface area contributed by atoms with Crippen molar-refractivity contribution in [2.24, 2.45) is 17.3 Å². The van der Waals surface area contributed by atoms with Crippen LogP contribution in [0.3, 0.4) is 0 Å². The summed E-state index contributed by atoms with van der Waals surface area (Å²) in [6.45, 7) is 11.2. The van der Waals surface area contributed by atoms with Crippen LogP contribution in [0.2, 0.25) is 0 Å². The molecular weight excluding hydrogens is 421 g/mol. The van der Waals surface area contributed by atoms with E-state index in [1.54, 1.807) is 6.08 Å². The minimum atomic E-state index is -1.18. The van der Waals surface area contributed by atoms with E-state index in [4.69, 9.17) is 50.7 Å². The van der Waals surface area contributed by atoms with Gasteiger partial charge in [-0.05, 0) is 35.1 Å². The van der Waals surface area contributed by atoms with Crippen LogP contribution in [0.5, 0.6) is 0 Å². The molecule has 1 aliphatic rings. The van der Waals surface area contributed by atoms with Gasteiger partial charge in [0.2, 0.25) is 6.10 Å². The molecule has 0 N–H and O–H groups in total. The van der Waals surface area contributed by atoms with Crippen LogP contribution in [0.4, 0.5) is 0 Å². The first-order chi connectivity index (χ1) is 13.1. The lowest BCUT2D eigenvalue weighted by Gasteiger charge is -2.10. The quantitative estimate of drug-likeness (QED) is 0.208. The summed E-state index contributed by atoms with van der Waals surface area (Å²) in [6, 6.07) is 1.88. The van der Waals surface area contributed by atoms with Crippen LogP contribution in [0.1, 0.15) is 13.8 Å². The smallest absolute Gasteiger partial charge is 0.311 e. The van der Waals surface area contributed by atoms with Gasteiger partial charge < -0.3 is 9.47 Å². The van der Waals surface area contributed by atoms with Crippen LogP contribution in [0, 0.1) is 40.9 Å². The number of nitrogens with zero attached hydrogens (tertiary/aromatic N) is 1. The highest BCUT2D eigenvalue weighted by atomic mass is 35.5. The second kappa shape index (κ2) is 10.4. The third-order valence-electron chi connectivity index (χ3n) is 4.29. The molecule has 0 aromatic rings. The Morgan fingerprint density at radius 2 is 2.04 bits per heavy atom. The Morgan fingerprint density at radius 1 is 1.39 bits per heavy atom. The Balaban J connectivity index is 2.89. The maximum atomic E-state index is 12.5. The first-order valence-electron chi connectivity index (χ1n) is 8.18. The topological polar surface area (TPSA) is 59.3 Å². The van der Waals surface area contributed by atoms with Gasteiger partial charge in [-0.2, -0.15) is 5.26 Å². The number of terminal acetylenes is 1. The molecule has 28 heavy (non-hydrogen) atoms. The van der Waals surface area contributed by atoms with E-state index < -0.39 is 18.0 Å². The number of hydrogen-bond donors (Lipinski definition) is 0. The van der Waals surface area contributed by atoms with E-state index in [2.05, 4.69) is 19.1 Å². The monoisotopic (exact) mass is 439 g/mol. The van der Waals surface area contributed by atoms with Crippen LogP contribution in [0.15, 0.2) is 58.3 Å². The number of hydrogen-bond acceptors (Lipinski definition) is 4. The van der Waals surface area contributed by atoms with Crippen molar-refractivity contribution in [1.29, 1.82) is 5.26 Å². The zero-order chi connectivity index (χ0) is 21.5. The third-order valence-corrected chi connectivity index (χ3v) is 4.89. The summed E-state index contributed by atoms with van der Waals surface area (Å²) in [4.78, 5) is 12.5. The van der Waals surface area contributed by atoms with Crippen molar-refractivity contribution in [3.8, 4) is 18.4 Å². The summed E-state index contributed by atoms with van der Waals surface area (Å²) in [5, 5.41) is 9.47. The predicted molar refractivity (Wildman–Crippen MR) is 112 cm³/mol. The second-order valence-electron chi connectivity index (χ2n) is 6.55. The highest BCUT2D eigenvalue weighted by molar-refractivity contribution is 6.55. The van der Waals surface area contributed by atoms with Crippen molar-refractivity contribution in [2.45, 2.75) is 20.0 Å². The van der Waals surface area contributed by atoms with Crippen LogP contribution >= 0.6 is 34.8 Å². The molecule has 1 saturated carbocycles. The largest absolute Gasteiger partial charge is 0.482 e. The summed E-state index contributed by atoms with van der Waals surface area (Å²) in [5.74, 6) is 1.45. The predicted octanol–water partition coefficient (Wildman–Crippen LogP) is 5.41. The lowest BCUT2D eigenvalue weighted by molar-refractivity contribution is -0.147. The van der Waals surface area contributed by atoms with Crippen molar-refractivity contribution in [2.75, 3.05) is 6.61 Å². The fourth-order valence-corrected chi connectivity index (χ4v) is 3.19. The second-order valence-corrected chi connectivity index (χ2v) is 7.96. The van der Waals surface area contributed by atoms with Gasteiger partial charge in [0.05, 0.1) is 5.92 Å². The molecule has 0 saturated heterocycles. The fourth-order valence-electron chi connectivity index (χ4n) is 2.67. The van der Waals surface area contributed by atoms with Crippen molar-refractivity contribution in [3.05, 3.63) is 58.3 Å². The lowest BCUT2D eigenvalue weighted by Crippen LogP contribution is -2.18. The van der Waals surface area contributed by atoms with Gasteiger partial charge in [-0.1, -0.05) is 73.8 Å². The average Bonchev–Trinajstić information content (AvgIpc) is 3.16. The first-order valence-corrected chi connectivity index (χ1v) is 9.31. The molecule has 0 aromatic carbocycles. The molecule has 0 amide bonds. The average molecular weight is 441 g/mol. The van der Waals surface area contributed by atoms with Gasteiger partial charge in [-0.3, -0.25) is 4.79 Å². The highest BCUT2D eigenvalue weighted by Crippen LogP contribution is 2.60. The number of carbonyl (C=O) groups excluding carboxylic acids is 1. The number of allylic oxidation sites excluding steroid dienone is 5. The molecule has 3 unspecified atom stereocenters. The van der Waals surface area contributed by atoms with Crippen molar-refractivity contribution < 1.29 is 14.3 Å². The standard InChI is InChI=1S/C21H20Cl3NO3/c1-6-8-27-13(3)9-14(7-2)17(22)10-15(12-25)28-20(26)19-16(11-18(23)24)21(19,4)5/h1,7,9-11,15-16,19H,2-3,8H2,4-5H3/b14-9+,17-10-. The van der Waals surface area contributed by atoms with Gasteiger partial charge in [0, 0.05) is 5.03 Å². The molecule has 1 aliphatic carbocycles. The van der Waals surface area contributed by atoms with Crippen LogP contribution in [0.25, 0.3) is 0 Å². The Hall–Kier alpha value is -2.11. The van der Waals surface area contributed by atoms with E-state index in [1.165, 1.54) is 18.2 Å². The van der Waals surface area contributed by atoms with Gasteiger partial charge >= 0.3 is 5.97 Å². The van der Waals surface area contributed by atoms with Crippen LogP contribution in [-0.2, 0) is 14.3 Å². The summed E-state index contributed by atoms with van der Waals surface area (Å²) in [7, 11) is 0. The van der Waals surface area contributed by atoms with Crippen LogP contribution < -0.4 is 0 Å². The number of halogens is 3. The highest BCUT2D eigenvalue weighted by Gasteiger charge is 2.61. The van der Waals surface area contributed by atoms with Gasteiger partial charge in [-0.15, -0.1) is 6.42 Å². The van der Waals surface area contributed by atoms with Crippen molar-refractivity contribution in [1.82, 2.24) is 0 Å². The molecule has 0 bridgehead atoms. The summed E-state index contributed by atoms with van der Waals surface area (Å²) in [6.07, 6.45) is 9.79. The van der Waals surface area contributed by atoms with E-state index >= 15 is 0 Å². The SMILES string of the molecule is C#CCOC(=C)/C=C(C=C)/C(Cl)=C/C(C#N)OC(=O)C1C(C=C(Cl)Cl)C1(C)C. The minimum absolute atomic E-state index is 0.0542. The maximum Gasteiger partial charge on any atom is 0.311 e. The number of nitriles is 1. The molecule has 3 atom stereocenters. The Kier molecular flexibility index (Phi) is 8.92. The van der Waals surface area contributed by atoms with E-state index in [1.807, 2.05) is 19.9 Å². The molecule has 1 fully saturated rings. The molecule has 0 spiro atoms. The molecule has 7 heteroatoms. The first kappa shape index (κ1) is 23.9. The Labute approximate surface area is 180 Å². The van der Waals surface area contributed by atoms with Crippen molar-refractivity contribution >= 4 is 40.8 Å². The number of carbonyl (C=O) groups is 1. The van der Waals surface area contributed by atoms with Gasteiger partial charge in [0.15, 0.2) is 0 Å².